The van der Waals surface area contributed by atoms with Gasteiger partial charge in [-0.25, -0.2) is 18.1 Å². The number of aromatic nitrogens is 1. The average molecular weight is 335 g/mol. The summed E-state index contributed by atoms with van der Waals surface area (Å²) in [5.74, 6) is 0.490. The van der Waals surface area contributed by atoms with Crippen LogP contribution in [0.5, 0.6) is 0 Å². The van der Waals surface area contributed by atoms with Gasteiger partial charge < -0.3 is 10.2 Å². The molecule has 120 valence electrons. The molecule has 0 aliphatic carbocycles. The number of hydrogen-bond acceptors (Lipinski definition) is 5. The van der Waals surface area contributed by atoms with Crippen LogP contribution in [0.1, 0.15) is 19.8 Å². The summed E-state index contributed by atoms with van der Waals surface area (Å²) in [4.78, 5) is 6.19. The Bertz CT molecular complexity index is 549. The van der Waals surface area contributed by atoms with Crippen LogP contribution in [0.2, 0.25) is 5.02 Å². The summed E-state index contributed by atoms with van der Waals surface area (Å²) in [5, 5.41) is 3.26. The first kappa shape index (κ1) is 18.2. The highest BCUT2D eigenvalue weighted by Crippen LogP contribution is 2.22. The summed E-state index contributed by atoms with van der Waals surface area (Å²) < 4.78 is 26.8. The molecule has 8 heteroatoms. The fraction of sp³-hybridized carbons (Fsp3) is 0.615. The minimum Gasteiger partial charge on any atom is -0.369 e. The van der Waals surface area contributed by atoms with Gasteiger partial charge in [0.1, 0.15) is 10.7 Å². The molecule has 0 atom stereocenters. The number of unbranched alkanes of at least 4 members (excludes halogenated alkanes) is 1. The normalized spacial score (nSPS) is 11.9. The Morgan fingerprint density at radius 3 is 2.62 bits per heavy atom. The highest BCUT2D eigenvalue weighted by molar-refractivity contribution is 7.89. The lowest BCUT2D eigenvalue weighted by Crippen LogP contribution is -2.25. The van der Waals surface area contributed by atoms with Gasteiger partial charge in [0.25, 0.3) is 0 Å². The lowest BCUT2D eigenvalue weighted by molar-refractivity contribution is 0.394. The lowest BCUT2D eigenvalue weighted by atomic mass is 10.3. The van der Waals surface area contributed by atoms with Crippen LogP contribution in [-0.2, 0) is 10.0 Å². The van der Waals surface area contributed by atoms with Gasteiger partial charge in [-0.1, -0.05) is 11.6 Å². The molecule has 1 aromatic heterocycles. The molecular weight excluding hydrogens is 312 g/mol. The van der Waals surface area contributed by atoms with Gasteiger partial charge in [-0.05, 0) is 46.5 Å². The quantitative estimate of drug-likeness (QED) is 0.673. The molecule has 6 nitrogen and oxygen atoms in total. The predicted octanol–water partition coefficient (Wildman–Crippen LogP) is 1.79. The predicted molar refractivity (Wildman–Crippen MR) is 86.4 cm³/mol. The van der Waals surface area contributed by atoms with Crippen LogP contribution in [0.25, 0.3) is 0 Å². The van der Waals surface area contributed by atoms with Crippen molar-refractivity contribution in [3.63, 3.8) is 0 Å². The van der Waals surface area contributed by atoms with E-state index in [0.717, 1.165) is 19.4 Å². The van der Waals surface area contributed by atoms with Gasteiger partial charge in [-0.15, -0.1) is 0 Å². The molecule has 0 spiro atoms. The summed E-state index contributed by atoms with van der Waals surface area (Å²) in [7, 11) is 0.426. The molecule has 21 heavy (non-hydrogen) atoms. The zero-order valence-corrected chi connectivity index (χ0v) is 14.3. The zero-order valence-electron chi connectivity index (χ0n) is 12.7. The van der Waals surface area contributed by atoms with Crippen molar-refractivity contribution in [1.82, 2.24) is 14.6 Å². The third kappa shape index (κ3) is 6.17. The van der Waals surface area contributed by atoms with E-state index in [-0.39, 0.29) is 4.90 Å². The van der Waals surface area contributed by atoms with Crippen molar-refractivity contribution in [3.05, 3.63) is 17.3 Å². The molecule has 0 aliphatic rings. The Kier molecular flexibility index (Phi) is 7.37. The standard InChI is InChI=1S/C13H23ClN4O2S/c1-4-15-13-12(14)9-11(10-16-13)21(19,20)17-7-5-6-8-18(2)3/h9-10,17H,4-8H2,1-3H3,(H,15,16). The largest absolute Gasteiger partial charge is 0.369 e. The third-order valence-corrected chi connectivity index (χ3v) is 4.51. The molecule has 0 saturated carbocycles. The van der Waals surface area contributed by atoms with E-state index in [9.17, 15) is 8.42 Å². The van der Waals surface area contributed by atoms with Crippen molar-refractivity contribution < 1.29 is 8.42 Å². The van der Waals surface area contributed by atoms with Crippen molar-refractivity contribution in [3.8, 4) is 0 Å². The monoisotopic (exact) mass is 334 g/mol. The van der Waals surface area contributed by atoms with Gasteiger partial charge in [0, 0.05) is 19.3 Å². The average Bonchev–Trinajstić information content (AvgIpc) is 2.40. The minimum absolute atomic E-state index is 0.0850. The topological polar surface area (TPSA) is 74.3 Å². The summed E-state index contributed by atoms with van der Waals surface area (Å²) >= 11 is 6.01. The number of halogens is 1. The Labute approximate surface area is 131 Å². The van der Waals surface area contributed by atoms with Crippen molar-refractivity contribution in [2.45, 2.75) is 24.7 Å². The second kappa shape index (κ2) is 8.53. The summed E-state index contributed by atoms with van der Waals surface area (Å²) in [5.41, 5.74) is 0. The van der Waals surface area contributed by atoms with Gasteiger partial charge in [0.05, 0.1) is 5.02 Å². The molecule has 1 aromatic rings. The summed E-state index contributed by atoms with van der Waals surface area (Å²) in [6.07, 6.45) is 3.04. The fourth-order valence-electron chi connectivity index (χ4n) is 1.71. The highest BCUT2D eigenvalue weighted by Gasteiger charge is 2.15. The Balaban J connectivity index is 2.60. The van der Waals surface area contributed by atoms with Gasteiger partial charge >= 0.3 is 0 Å². The van der Waals surface area contributed by atoms with Crippen molar-refractivity contribution in [2.75, 3.05) is 39.0 Å². The highest BCUT2D eigenvalue weighted by atomic mass is 35.5. The van der Waals surface area contributed by atoms with E-state index in [0.29, 0.717) is 23.9 Å². The first-order valence-corrected chi connectivity index (χ1v) is 8.76. The lowest BCUT2D eigenvalue weighted by Gasteiger charge is -2.11. The van der Waals surface area contributed by atoms with Gasteiger partial charge in [0.2, 0.25) is 10.0 Å². The number of hydrogen-bond donors (Lipinski definition) is 2. The van der Waals surface area contributed by atoms with Crippen LogP contribution in [0.15, 0.2) is 17.2 Å². The van der Waals surface area contributed by atoms with Crippen LogP contribution in [-0.4, -0.2) is 52.0 Å². The second-order valence-corrected chi connectivity index (χ2v) is 7.11. The molecule has 0 bridgehead atoms. The van der Waals surface area contributed by atoms with Crippen LogP contribution in [0.3, 0.4) is 0 Å². The van der Waals surface area contributed by atoms with E-state index in [1.54, 1.807) is 0 Å². The van der Waals surface area contributed by atoms with Crippen LogP contribution in [0, 0.1) is 0 Å². The molecule has 0 saturated heterocycles. The Hall–Kier alpha value is -0.890. The molecular formula is C13H23ClN4O2S. The Morgan fingerprint density at radius 1 is 1.33 bits per heavy atom. The molecule has 0 radical (unpaired) electrons. The second-order valence-electron chi connectivity index (χ2n) is 4.94. The molecule has 2 N–H and O–H groups in total. The van der Waals surface area contributed by atoms with Crippen LogP contribution in [0.4, 0.5) is 5.82 Å². The molecule has 0 aromatic carbocycles. The van der Waals surface area contributed by atoms with Crippen LogP contribution >= 0.6 is 11.6 Å². The number of nitrogens with zero attached hydrogens (tertiary/aromatic N) is 2. The zero-order chi connectivity index (χ0) is 15.9. The Morgan fingerprint density at radius 2 is 2.05 bits per heavy atom. The molecule has 0 unspecified atom stereocenters. The van der Waals surface area contributed by atoms with E-state index in [2.05, 4.69) is 19.9 Å². The maximum absolute atomic E-state index is 12.1. The summed E-state index contributed by atoms with van der Waals surface area (Å²) in [6.45, 7) is 3.93. The fourth-order valence-corrected chi connectivity index (χ4v) is 3.05. The minimum atomic E-state index is -3.55. The van der Waals surface area contributed by atoms with Gasteiger partial charge in [-0.3, -0.25) is 0 Å². The first-order valence-electron chi connectivity index (χ1n) is 6.90. The van der Waals surface area contributed by atoms with E-state index < -0.39 is 10.0 Å². The number of nitrogens with one attached hydrogen (secondary N) is 2. The maximum atomic E-state index is 12.1. The molecule has 0 aliphatic heterocycles. The van der Waals surface area contributed by atoms with E-state index in [1.165, 1.54) is 12.3 Å². The number of rotatable bonds is 9. The van der Waals surface area contributed by atoms with E-state index in [1.807, 2.05) is 21.0 Å². The van der Waals surface area contributed by atoms with Crippen molar-refractivity contribution in [1.29, 1.82) is 0 Å². The smallest absolute Gasteiger partial charge is 0.242 e. The SMILES string of the molecule is CCNc1ncc(S(=O)(=O)NCCCCN(C)C)cc1Cl. The molecule has 1 heterocycles. The van der Waals surface area contributed by atoms with Gasteiger partial charge in [-0.2, -0.15) is 0 Å². The van der Waals surface area contributed by atoms with E-state index in [4.69, 9.17) is 11.6 Å². The first-order chi connectivity index (χ1) is 9.86. The summed E-state index contributed by atoms with van der Waals surface area (Å²) in [6, 6.07) is 1.41. The molecule has 0 amide bonds. The van der Waals surface area contributed by atoms with Crippen LogP contribution < -0.4 is 10.0 Å². The number of anilines is 1. The van der Waals surface area contributed by atoms with Crippen molar-refractivity contribution >= 4 is 27.4 Å². The van der Waals surface area contributed by atoms with E-state index >= 15 is 0 Å². The number of pyridine rings is 1. The molecule has 1 rings (SSSR count). The van der Waals surface area contributed by atoms with Crippen molar-refractivity contribution in [2.24, 2.45) is 0 Å². The third-order valence-electron chi connectivity index (χ3n) is 2.79. The maximum Gasteiger partial charge on any atom is 0.242 e. The van der Waals surface area contributed by atoms with Gasteiger partial charge in [0.15, 0.2) is 0 Å². The number of sulfonamides is 1. The molecule has 0 fully saturated rings.